The number of unbranched alkanes of at least 4 members (excludes halogenated alkanes) is 1. The van der Waals surface area contributed by atoms with Crippen LogP contribution in [-0.4, -0.2) is 12.1 Å². The summed E-state index contributed by atoms with van der Waals surface area (Å²) in [4.78, 5) is 4.60. The molecule has 154 valence electrons. The van der Waals surface area contributed by atoms with Gasteiger partial charge in [0.1, 0.15) is 11.6 Å². The number of nitrogens with two attached hydrogens (primary N) is 1. The highest BCUT2D eigenvalue weighted by Gasteiger charge is 2.14. The molecule has 4 rings (SSSR count). The smallest absolute Gasteiger partial charge is 0.132 e. The van der Waals surface area contributed by atoms with E-state index in [2.05, 4.69) is 52.1 Å². The van der Waals surface area contributed by atoms with Gasteiger partial charge in [-0.2, -0.15) is 0 Å². The molecule has 0 aliphatic carbocycles. The summed E-state index contributed by atoms with van der Waals surface area (Å²) in [7, 11) is 1.66. The third kappa shape index (κ3) is 5.39. The van der Waals surface area contributed by atoms with Crippen LogP contribution in [0.25, 0.3) is 22.0 Å². The number of benzene rings is 3. The molecule has 0 saturated carbocycles. The number of hydrogen-bond acceptors (Lipinski definition) is 3. The van der Waals surface area contributed by atoms with Gasteiger partial charge in [0.15, 0.2) is 0 Å². The molecule has 0 aliphatic rings. The van der Waals surface area contributed by atoms with Gasteiger partial charge < -0.3 is 10.5 Å². The van der Waals surface area contributed by atoms with E-state index in [4.69, 9.17) is 10.5 Å². The van der Waals surface area contributed by atoms with Gasteiger partial charge in [-0.1, -0.05) is 77.8 Å². The number of nitrogen functional groups attached to an aromatic ring is 1. The van der Waals surface area contributed by atoms with E-state index in [1.807, 2.05) is 54.6 Å². The van der Waals surface area contributed by atoms with Gasteiger partial charge in [-0.15, -0.1) is 0 Å². The van der Waals surface area contributed by atoms with Crippen LogP contribution >= 0.6 is 15.9 Å². The number of nitrogens with zero attached hydrogens (tertiary/aromatic N) is 1. The van der Waals surface area contributed by atoms with E-state index < -0.39 is 0 Å². The van der Waals surface area contributed by atoms with Crippen molar-refractivity contribution in [2.45, 2.75) is 26.2 Å². The van der Waals surface area contributed by atoms with Crippen molar-refractivity contribution in [3.8, 4) is 16.9 Å². The summed E-state index contributed by atoms with van der Waals surface area (Å²) in [5, 5.41) is 1.22. The maximum atomic E-state index is 6.28. The summed E-state index contributed by atoms with van der Waals surface area (Å²) in [5.74, 6) is 1.52. The molecule has 0 unspecified atom stereocenters. The van der Waals surface area contributed by atoms with Crippen LogP contribution < -0.4 is 10.5 Å². The van der Waals surface area contributed by atoms with E-state index in [1.54, 1.807) is 7.11 Å². The van der Waals surface area contributed by atoms with Crippen molar-refractivity contribution in [2.75, 3.05) is 12.8 Å². The lowest BCUT2D eigenvalue weighted by Crippen LogP contribution is -2.01. The van der Waals surface area contributed by atoms with Crippen LogP contribution in [0.15, 0.2) is 83.3 Å². The van der Waals surface area contributed by atoms with Gasteiger partial charge in [0.05, 0.1) is 12.6 Å². The van der Waals surface area contributed by atoms with Crippen LogP contribution in [0.5, 0.6) is 5.75 Å². The Hall–Kier alpha value is -2.85. The maximum absolute atomic E-state index is 6.28. The molecule has 0 bridgehead atoms. The molecular formula is C26H27BrN2O. The Morgan fingerprint density at radius 2 is 1.57 bits per heavy atom. The number of anilines is 1. The number of methoxy groups -OCH3 is 1. The largest absolute Gasteiger partial charge is 0.497 e. The van der Waals surface area contributed by atoms with E-state index >= 15 is 0 Å². The van der Waals surface area contributed by atoms with E-state index in [9.17, 15) is 0 Å². The summed E-state index contributed by atoms with van der Waals surface area (Å²) in [5.41, 5.74) is 10.8. The number of aromatic nitrogens is 1. The highest BCUT2D eigenvalue weighted by molar-refractivity contribution is 9.10. The third-order valence-corrected chi connectivity index (χ3v) is 5.45. The van der Waals surface area contributed by atoms with Crippen LogP contribution in [-0.2, 0) is 6.42 Å². The molecule has 0 saturated heterocycles. The molecule has 0 fully saturated rings. The molecule has 3 nitrogen and oxygen atoms in total. The summed E-state index contributed by atoms with van der Waals surface area (Å²) < 4.78 is 6.02. The van der Waals surface area contributed by atoms with Crippen molar-refractivity contribution in [1.82, 2.24) is 4.98 Å². The second-order valence-electron chi connectivity index (χ2n) is 7.00. The average molecular weight is 463 g/mol. The summed E-state index contributed by atoms with van der Waals surface area (Å²) >= 11 is 3.32. The molecule has 1 heterocycles. The minimum atomic E-state index is 0.631. The molecule has 0 spiro atoms. The van der Waals surface area contributed by atoms with Gasteiger partial charge in [0.25, 0.3) is 0 Å². The highest BCUT2D eigenvalue weighted by Crippen LogP contribution is 2.34. The lowest BCUT2D eigenvalue weighted by molar-refractivity contribution is 0.414. The second-order valence-corrected chi connectivity index (χ2v) is 7.91. The van der Waals surface area contributed by atoms with Gasteiger partial charge >= 0.3 is 0 Å². The van der Waals surface area contributed by atoms with E-state index in [0.717, 1.165) is 39.7 Å². The number of halogens is 1. The predicted octanol–water partition coefficient (Wildman–Crippen LogP) is 7.28. The third-order valence-electron chi connectivity index (χ3n) is 4.92. The Kier molecular flexibility index (Phi) is 7.86. The fraction of sp³-hybridized carbons (Fsp3) is 0.192. The first-order chi connectivity index (χ1) is 14.6. The number of fused-ring (bicyclic) bond motifs is 1. The zero-order valence-corrected chi connectivity index (χ0v) is 19.0. The molecule has 0 amide bonds. The normalized spacial score (nSPS) is 10.4. The first kappa shape index (κ1) is 21.8. The Labute approximate surface area is 187 Å². The van der Waals surface area contributed by atoms with E-state index in [1.165, 1.54) is 17.4 Å². The number of aryl methyl sites for hydroxylation is 1. The van der Waals surface area contributed by atoms with Crippen molar-refractivity contribution in [1.29, 1.82) is 0 Å². The van der Waals surface area contributed by atoms with E-state index in [0.29, 0.717) is 5.82 Å². The fourth-order valence-corrected chi connectivity index (χ4v) is 3.68. The molecule has 4 heteroatoms. The van der Waals surface area contributed by atoms with Gasteiger partial charge in [0, 0.05) is 15.4 Å². The Morgan fingerprint density at radius 1 is 0.900 bits per heavy atom. The van der Waals surface area contributed by atoms with Crippen molar-refractivity contribution in [2.24, 2.45) is 0 Å². The molecular weight excluding hydrogens is 436 g/mol. The van der Waals surface area contributed by atoms with E-state index in [-0.39, 0.29) is 0 Å². The van der Waals surface area contributed by atoms with Crippen molar-refractivity contribution < 1.29 is 4.74 Å². The minimum absolute atomic E-state index is 0.631. The maximum Gasteiger partial charge on any atom is 0.132 e. The minimum Gasteiger partial charge on any atom is -0.497 e. The van der Waals surface area contributed by atoms with Gasteiger partial charge in [0.2, 0.25) is 0 Å². The number of para-hydroxylation sites is 1. The lowest BCUT2D eigenvalue weighted by Gasteiger charge is -2.15. The van der Waals surface area contributed by atoms with Crippen molar-refractivity contribution in [3.63, 3.8) is 0 Å². The monoisotopic (exact) mass is 462 g/mol. The average Bonchev–Trinajstić information content (AvgIpc) is 2.78. The SMILES string of the molecule is CCCCc1c(-c2ccccc2)c(N)nc2ccccc12.COc1ccc(Br)cc1. The van der Waals surface area contributed by atoms with Crippen LogP contribution in [0.4, 0.5) is 5.82 Å². The molecule has 30 heavy (non-hydrogen) atoms. The fourth-order valence-electron chi connectivity index (χ4n) is 3.41. The lowest BCUT2D eigenvalue weighted by atomic mass is 9.93. The van der Waals surface area contributed by atoms with Crippen LogP contribution in [0.2, 0.25) is 0 Å². The quantitative estimate of drug-likeness (QED) is 0.338. The van der Waals surface area contributed by atoms with Crippen molar-refractivity contribution >= 4 is 32.7 Å². The molecule has 4 aromatic rings. The molecule has 0 radical (unpaired) electrons. The molecule has 0 aliphatic heterocycles. The van der Waals surface area contributed by atoms with Crippen LogP contribution in [0, 0.1) is 0 Å². The molecule has 1 aromatic heterocycles. The standard InChI is InChI=1S/C19H20N2.C7H7BrO/c1-2-3-11-16-15-12-7-8-13-17(15)21-19(20)18(16)14-9-5-4-6-10-14;1-9-7-4-2-6(8)3-5-7/h4-10,12-13H,2-3,11H2,1H3,(H2,20,21);2-5H,1H3. The summed E-state index contributed by atoms with van der Waals surface area (Å²) in [6.07, 6.45) is 3.37. The molecule has 2 N–H and O–H groups in total. The molecule has 0 atom stereocenters. The predicted molar refractivity (Wildman–Crippen MR) is 131 cm³/mol. The zero-order valence-electron chi connectivity index (χ0n) is 17.4. The number of ether oxygens (including phenoxy) is 1. The number of hydrogen-bond donors (Lipinski definition) is 1. The number of rotatable bonds is 5. The van der Waals surface area contributed by atoms with Crippen molar-refractivity contribution in [3.05, 3.63) is 88.9 Å². The van der Waals surface area contributed by atoms with Crippen LogP contribution in [0.1, 0.15) is 25.3 Å². The second kappa shape index (κ2) is 10.8. The first-order valence-corrected chi connectivity index (χ1v) is 11.0. The van der Waals surface area contributed by atoms with Crippen LogP contribution in [0.3, 0.4) is 0 Å². The van der Waals surface area contributed by atoms with Gasteiger partial charge in [-0.3, -0.25) is 0 Å². The summed E-state index contributed by atoms with van der Waals surface area (Å²) in [6, 6.07) is 26.3. The van der Waals surface area contributed by atoms with Gasteiger partial charge in [-0.25, -0.2) is 4.98 Å². The zero-order chi connectivity index (χ0) is 21.3. The molecule has 3 aromatic carbocycles. The number of pyridine rings is 1. The first-order valence-electron chi connectivity index (χ1n) is 10.2. The Bertz CT molecular complexity index is 1080. The summed E-state index contributed by atoms with van der Waals surface area (Å²) in [6.45, 7) is 2.22. The topological polar surface area (TPSA) is 48.1 Å². The highest BCUT2D eigenvalue weighted by atomic mass is 79.9. The Balaban J connectivity index is 0.000000239. The Morgan fingerprint density at radius 3 is 2.23 bits per heavy atom. The van der Waals surface area contributed by atoms with Gasteiger partial charge in [-0.05, 0) is 54.3 Å².